The van der Waals surface area contributed by atoms with Crippen molar-refractivity contribution in [1.82, 2.24) is 10.2 Å². The number of carbonyl (C=O) groups excluding carboxylic acids is 2. The third-order valence-corrected chi connectivity index (χ3v) is 4.68. The van der Waals surface area contributed by atoms with Gasteiger partial charge >= 0.3 is 12.0 Å². The zero-order valence-electron chi connectivity index (χ0n) is 11.8. The second-order valence-electron chi connectivity index (χ2n) is 5.89. The number of nitrogens with zero attached hydrogens (tertiary/aromatic N) is 1. The van der Waals surface area contributed by atoms with Crippen molar-refractivity contribution in [3.63, 3.8) is 0 Å². The van der Waals surface area contributed by atoms with Crippen molar-refractivity contribution in [2.24, 2.45) is 17.6 Å². The van der Waals surface area contributed by atoms with E-state index in [2.05, 4.69) is 5.32 Å². The molecule has 3 unspecified atom stereocenters. The van der Waals surface area contributed by atoms with Crippen LogP contribution in [0.25, 0.3) is 0 Å². The number of urea groups is 1. The van der Waals surface area contributed by atoms with Crippen LogP contribution < -0.4 is 11.1 Å². The molecule has 1 heterocycles. The Labute approximate surface area is 117 Å². The Balaban J connectivity index is 2.25. The van der Waals surface area contributed by atoms with E-state index in [0.29, 0.717) is 0 Å². The van der Waals surface area contributed by atoms with Crippen LogP contribution in [-0.2, 0) is 9.59 Å². The monoisotopic (exact) mass is 283 g/mol. The Kier molecular flexibility index (Phi) is 3.73. The Bertz CT molecular complexity index is 441. The molecule has 0 radical (unpaired) electrons. The molecule has 2 aliphatic rings. The standard InChI is InChI=1S/C13H21N3O4/c1-7-4-3-5-8(2)13(7)11(19)16(12(20)15-13)6-9(14)10(17)18/h7-9H,3-6,14H2,1-2H3,(H,15,20)(H,17,18). The van der Waals surface area contributed by atoms with Gasteiger partial charge in [-0.15, -0.1) is 0 Å². The molecule has 0 bridgehead atoms. The number of hydrogen-bond donors (Lipinski definition) is 3. The van der Waals surface area contributed by atoms with Crippen molar-refractivity contribution in [2.45, 2.75) is 44.7 Å². The summed E-state index contributed by atoms with van der Waals surface area (Å²) in [5.74, 6) is -1.49. The van der Waals surface area contributed by atoms with Crippen LogP contribution in [0, 0.1) is 11.8 Å². The average Bonchev–Trinajstić information content (AvgIpc) is 2.62. The zero-order chi connectivity index (χ0) is 15.1. The highest BCUT2D eigenvalue weighted by atomic mass is 16.4. The predicted octanol–water partition coefficient (Wildman–Crippen LogP) is 0.145. The molecule has 7 nitrogen and oxygen atoms in total. The molecule has 4 N–H and O–H groups in total. The van der Waals surface area contributed by atoms with Gasteiger partial charge in [0.2, 0.25) is 0 Å². The van der Waals surface area contributed by atoms with Crippen molar-refractivity contribution in [3.05, 3.63) is 0 Å². The van der Waals surface area contributed by atoms with E-state index in [4.69, 9.17) is 10.8 Å². The lowest BCUT2D eigenvalue weighted by Crippen LogP contribution is -2.59. The number of carboxylic acids is 1. The molecule has 20 heavy (non-hydrogen) atoms. The maximum atomic E-state index is 12.7. The van der Waals surface area contributed by atoms with E-state index in [1.165, 1.54) is 0 Å². The fourth-order valence-corrected chi connectivity index (χ4v) is 3.39. The highest BCUT2D eigenvalue weighted by Gasteiger charge is 2.58. The van der Waals surface area contributed by atoms with Gasteiger partial charge in [0.1, 0.15) is 11.6 Å². The van der Waals surface area contributed by atoms with Crippen LogP contribution in [0.3, 0.4) is 0 Å². The molecule has 0 aromatic heterocycles. The Hall–Kier alpha value is -1.63. The Morgan fingerprint density at radius 3 is 2.50 bits per heavy atom. The molecule has 3 amide bonds. The summed E-state index contributed by atoms with van der Waals surface area (Å²) >= 11 is 0. The summed E-state index contributed by atoms with van der Waals surface area (Å²) < 4.78 is 0. The number of nitrogens with two attached hydrogens (primary N) is 1. The molecule has 7 heteroatoms. The SMILES string of the molecule is CC1CCCC(C)C12NC(=O)N(CC(N)C(=O)O)C2=O. The quantitative estimate of drug-likeness (QED) is 0.638. The summed E-state index contributed by atoms with van der Waals surface area (Å²) in [7, 11) is 0. The van der Waals surface area contributed by atoms with Crippen LogP contribution in [0.5, 0.6) is 0 Å². The lowest BCUT2D eigenvalue weighted by atomic mass is 9.67. The van der Waals surface area contributed by atoms with Gasteiger partial charge in [0.05, 0.1) is 6.54 Å². The Morgan fingerprint density at radius 1 is 1.45 bits per heavy atom. The summed E-state index contributed by atoms with van der Waals surface area (Å²) in [4.78, 5) is 36.5. The van der Waals surface area contributed by atoms with E-state index in [1.807, 2.05) is 13.8 Å². The topological polar surface area (TPSA) is 113 Å². The second kappa shape index (κ2) is 5.05. The first kappa shape index (κ1) is 14.8. The summed E-state index contributed by atoms with van der Waals surface area (Å²) in [5.41, 5.74) is 4.54. The van der Waals surface area contributed by atoms with E-state index >= 15 is 0 Å². The molecule has 1 aliphatic heterocycles. The van der Waals surface area contributed by atoms with Gasteiger partial charge in [0.15, 0.2) is 0 Å². The van der Waals surface area contributed by atoms with Gasteiger partial charge in [-0.05, 0) is 24.7 Å². The lowest BCUT2D eigenvalue weighted by molar-refractivity contribution is -0.140. The third kappa shape index (κ3) is 2.06. The maximum Gasteiger partial charge on any atom is 0.325 e. The van der Waals surface area contributed by atoms with Gasteiger partial charge in [0.25, 0.3) is 5.91 Å². The van der Waals surface area contributed by atoms with E-state index in [-0.39, 0.29) is 24.3 Å². The van der Waals surface area contributed by atoms with Crippen LogP contribution in [-0.4, -0.2) is 46.0 Å². The molecule has 3 atom stereocenters. The van der Waals surface area contributed by atoms with E-state index < -0.39 is 23.6 Å². The molecule has 1 saturated carbocycles. The van der Waals surface area contributed by atoms with Gasteiger partial charge < -0.3 is 16.2 Å². The molecular formula is C13H21N3O4. The maximum absolute atomic E-state index is 12.7. The minimum absolute atomic E-state index is 0.0359. The normalized spacial score (nSPS) is 35.2. The number of amides is 3. The molecule has 1 saturated heterocycles. The number of aliphatic carboxylic acids is 1. The molecular weight excluding hydrogens is 262 g/mol. The number of rotatable bonds is 3. The fourth-order valence-electron chi connectivity index (χ4n) is 3.39. The van der Waals surface area contributed by atoms with Gasteiger partial charge in [-0.1, -0.05) is 20.3 Å². The lowest BCUT2D eigenvalue weighted by Gasteiger charge is -2.42. The summed E-state index contributed by atoms with van der Waals surface area (Å²) in [6.45, 7) is 3.62. The predicted molar refractivity (Wildman–Crippen MR) is 70.8 cm³/mol. The molecule has 0 aromatic carbocycles. The minimum Gasteiger partial charge on any atom is -0.480 e. The van der Waals surface area contributed by atoms with Crippen molar-refractivity contribution in [1.29, 1.82) is 0 Å². The average molecular weight is 283 g/mol. The third-order valence-electron chi connectivity index (χ3n) is 4.68. The fraction of sp³-hybridized carbons (Fsp3) is 0.769. The number of hydrogen-bond acceptors (Lipinski definition) is 4. The summed E-state index contributed by atoms with van der Waals surface area (Å²) in [6, 6.07) is -1.79. The molecule has 1 aliphatic carbocycles. The van der Waals surface area contributed by atoms with E-state index in [1.54, 1.807) is 0 Å². The molecule has 2 fully saturated rings. The zero-order valence-corrected chi connectivity index (χ0v) is 11.8. The number of nitrogens with one attached hydrogen (secondary N) is 1. The van der Waals surface area contributed by atoms with Crippen molar-refractivity contribution >= 4 is 17.9 Å². The minimum atomic E-state index is -1.26. The number of carboxylic acid groups (broad SMARTS) is 1. The first-order chi connectivity index (χ1) is 9.30. The first-order valence-electron chi connectivity index (χ1n) is 6.93. The van der Waals surface area contributed by atoms with Gasteiger partial charge in [-0.2, -0.15) is 0 Å². The van der Waals surface area contributed by atoms with Gasteiger partial charge in [-0.25, -0.2) is 4.79 Å². The first-order valence-corrected chi connectivity index (χ1v) is 6.93. The van der Waals surface area contributed by atoms with Crippen LogP contribution in [0.15, 0.2) is 0 Å². The summed E-state index contributed by atoms with van der Waals surface area (Å²) in [6.07, 6.45) is 2.77. The smallest absolute Gasteiger partial charge is 0.325 e. The summed E-state index contributed by atoms with van der Waals surface area (Å²) in [5, 5.41) is 11.6. The second-order valence-corrected chi connectivity index (χ2v) is 5.89. The highest BCUT2D eigenvalue weighted by Crippen LogP contribution is 2.42. The molecule has 112 valence electrons. The number of carbonyl (C=O) groups is 3. The highest BCUT2D eigenvalue weighted by molar-refractivity contribution is 6.07. The van der Waals surface area contributed by atoms with Crippen LogP contribution in [0.2, 0.25) is 0 Å². The van der Waals surface area contributed by atoms with Gasteiger partial charge in [0, 0.05) is 0 Å². The molecule has 1 spiro atoms. The molecule has 2 rings (SSSR count). The van der Waals surface area contributed by atoms with Crippen molar-refractivity contribution in [3.8, 4) is 0 Å². The Morgan fingerprint density at radius 2 is 2.00 bits per heavy atom. The van der Waals surface area contributed by atoms with Gasteiger partial charge in [-0.3, -0.25) is 14.5 Å². The van der Waals surface area contributed by atoms with Crippen LogP contribution in [0.1, 0.15) is 33.1 Å². The number of imide groups is 1. The van der Waals surface area contributed by atoms with Crippen molar-refractivity contribution < 1.29 is 19.5 Å². The van der Waals surface area contributed by atoms with E-state index in [9.17, 15) is 14.4 Å². The van der Waals surface area contributed by atoms with Crippen LogP contribution >= 0.6 is 0 Å². The van der Waals surface area contributed by atoms with E-state index in [0.717, 1.165) is 24.2 Å². The molecule has 0 aromatic rings. The van der Waals surface area contributed by atoms with Crippen molar-refractivity contribution in [2.75, 3.05) is 6.54 Å². The largest absolute Gasteiger partial charge is 0.480 e. The van der Waals surface area contributed by atoms with Crippen LogP contribution in [0.4, 0.5) is 4.79 Å².